The largest absolute Gasteiger partial charge is 0.497 e. The number of allylic oxidation sites excluding steroid dienone is 1. The Kier molecular flexibility index (Phi) is 4.35. The minimum atomic E-state index is -0.140. The summed E-state index contributed by atoms with van der Waals surface area (Å²) in [7, 11) is 1.67. The van der Waals surface area contributed by atoms with Gasteiger partial charge in [-0.2, -0.15) is 4.98 Å². The van der Waals surface area contributed by atoms with Crippen molar-refractivity contribution in [2.24, 2.45) is 11.8 Å². The maximum atomic E-state index is 6.00. The SMILES string of the molecule is COC1=CC(C(C)C)C(Oc2cnc(N)nc2N)C=C1C. The van der Waals surface area contributed by atoms with E-state index in [0.717, 1.165) is 11.3 Å². The predicted octanol–water partition coefficient (Wildman–Crippen LogP) is 2.15. The molecule has 0 spiro atoms. The van der Waals surface area contributed by atoms with Crippen LogP contribution in [0.15, 0.2) is 29.7 Å². The topological polar surface area (TPSA) is 96.3 Å². The molecule has 21 heavy (non-hydrogen) atoms. The predicted molar refractivity (Wildman–Crippen MR) is 82.4 cm³/mol. The number of nitrogen functional groups attached to an aromatic ring is 2. The van der Waals surface area contributed by atoms with E-state index < -0.39 is 0 Å². The lowest BCUT2D eigenvalue weighted by Crippen LogP contribution is -2.31. The van der Waals surface area contributed by atoms with Gasteiger partial charge in [-0.1, -0.05) is 13.8 Å². The number of nitrogens with two attached hydrogens (primary N) is 2. The third-order valence-corrected chi connectivity index (χ3v) is 3.58. The quantitative estimate of drug-likeness (QED) is 0.882. The lowest BCUT2D eigenvalue weighted by atomic mass is 9.84. The molecule has 1 aromatic rings. The molecule has 6 nitrogen and oxygen atoms in total. The van der Waals surface area contributed by atoms with Crippen molar-refractivity contribution in [3.8, 4) is 5.75 Å². The molecule has 2 rings (SSSR count). The van der Waals surface area contributed by atoms with E-state index in [-0.39, 0.29) is 23.8 Å². The molecule has 114 valence electrons. The Hall–Kier alpha value is -2.24. The van der Waals surface area contributed by atoms with Crippen LogP contribution in [0.25, 0.3) is 0 Å². The summed E-state index contributed by atoms with van der Waals surface area (Å²) in [5, 5.41) is 0. The van der Waals surface area contributed by atoms with Crippen LogP contribution in [0, 0.1) is 11.8 Å². The van der Waals surface area contributed by atoms with Gasteiger partial charge in [-0.25, -0.2) is 4.98 Å². The molecule has 0 saturated heterocycles. The Morgan fingerprint density at radius 2 is 1.95 bits per heavy atom. The van der Waals surface area contributed by atoms with E-state index in [2.05, 4.69) is 29.9 Å². The molecule has 2 atom stereocenters. The highest BCUT2D eigenvalue weighted by Gasteiger charge is 2.28. The summed E-state index contributed by atoms with van der Waals surface area (Å²) in [5.74, 6) is 2.28. The van der Waals surface area contributed by atoms with Crippen molar-refractivity contribution in [3.63, 3.8) is 0 Å². The fourth-order valence-corrected chi connectivity index (χ4v) is 2.39. The number of anilines is 2. The average molecular weight is 290 g/mol. The van der Waals surface area contributed by atoms with E-state index >= 15 is 0 Å². The minimum Gasteiger partial charge on any atom is -0.497 e. The van der Waals surface area contributed by atoms with Crippen LogP contribution >= 0.6 is 0 Å². The van der Waals surface area contributed by atoms with Crippen molar-refractivity contribution in [1.29, 1.82) is 0 Å². The van der Waals surface area contributed by atoms with Crippen molar-refractivity contribution in [3.05, 3.63) is 29.7 Å². The Bertz CT molecular complexity index is 581. The van der Waals surface area contributed by atoms with E-state index in [1.165, 1.54) is 6.20 Å². The summed E-state index contributed by atoms with van der Waals surface area (Å²) in [6.45, 7) is 6.27. The summed E-state index contributed by atoms with van der Waals surface area (Å²) in [6.07, 6.45) is 5.50. The second-order valence-electron chi connectivity index (χ2n) is 5.47. The molecule has 0 radical (unpaired) electrons. The molecule has 0 aromatic carbocycles. The first-order valence-corrected chi connectivity index (χ1v) is 6.91. The van der Waals surface area contributed by atoms with Gasteiger partial charge in [0.05, 0.1) is 13.3 Å². The summed E-state index contributed by atoms with van der Waals surface area (Å²) >= 11 is 0. The van der Waals surface area contributed by atoms with E-state index in [0.29, 0.717) is 11.7 Å². The zero-order valence-electron chi connectivity index (χ0n) is 12.8. The highest BCUT2D eigenvalue weighted by atomic mass is 16.5. The third-order valence-electron chi connectivity index (χ3n) is 3.58. The summed E-state index contributed by atoms with van der Waals surface area (Å²) in [6, 6.07) is 0. The summed E-state index contributed by atoms with van der Waals surface area (Å²) < 4.78 is 11.4. The van der Waals surface area contributed by atoms with Crippen LogP contribution in [0.4, 0.5) is 11.8 Å². The van der Waals surface area contributed by atoms with Crippen molar-refractivity contribution in [1.82, 2.24) is 9.97 Å². The smallest absolute Gasteiger partial charge is 0.222 e. The highest BCUT2D eigenvalue weighted by Crippen LogP contribution is 2.32. The zero-order chi connectivity index (χ0) is 15.6. The van der Waals surface area contributed by atoms with Gasteiger partial charge in [-0.05, 0) is 30.6 Å². The first-order valence-electron chi connectivity index (χ1n) is 6.91. The molecule has 0 saturated carbocycles. The summed E-state index contributed by atoms with van der Waals surface area (Å²) in [4.78, 5) is 7.84. The highest BCUT2D eigenvalue weighted by molar-refractivity contribution is 5.47. The second kappa shape index (κ2) is 6.03. The molecule has 0 amide bonds. The van der Waals surface area contributed by atoms with Crippen LogP contribution in [-0.4, -0.2) is 23.2 Å². The van der Waals surface area contributed by atoms with Gasteiger partial charge in [0, 0.05) is 5.92 Å². The van der Waals surface area contributed by atoms with Crippen molar-refractivity contribution in [2.75, 3.05) is 18.6 Å². The fourth-order valence-electron chi connectivity index (χ4n) is 2.39. The Labute approximate surface area is 124 Å². The molecule has 1 aliphatic rings. The molecule has 1 heterocycles. The fraction of sp³-hybridized carbons (Fsp3) is 0.467. The number of nitrogens with zero attached hydrogens (tertiary/aromatic N) is 2. The number of hydrogen-bond acceptors (Lipinski definition) is 6. The molecule has 1 aliphatic carbocycles. The van der Waals surface area contributed by atoms with Gasteiger partial charge in [0.1, 0.15) is 11.9 Å². The molecule has 0 bridgehead atoms. The first-order chi connectivity index (χ1) is 9.92. The van der Waals surface area contributed by atoms with Gasteiger partial charge in [0.25, 0.3) is 0 Å². The number of rotatable bonds is 4. The van der Waals surface area contributed by atoms with Crippen LogP contribution in [0.2, 0.25) is 0 Å². The zero-order valence-corrected chi connectivity index (χ0v) is 12.8. The van der Waals surface area contributed by atoms with E-state index in [1.54, 1.807) is 7.11 Å². The molecular weight excluding hydrogens is 268 g/mol. The number of aromatic nitrogens is 2. The molecule has 2 unspecified atom stereocenters. The van der Waals surface area contributed by atoms with Crippen molar-refractivity contribution in [2.45, 2.75) is 26.9 Å². The van der Waals surface area contributed by atoms with Gasteiger partial charge in [-0.3, -0.25) is 0 Å². The summed E-state index contributed by atoms with van der Waals surface area (Å²) in [5.41, 5.74) is 12.4. The molecular formula is C15H22N4O2. The number of ether oxygens (including phenoxy) is 2. The van der Waals surface area contributed by atoms with Gasteiger partial charge in [-0.15, -0.1) is 0 Å². The number of methoxy groups -OCH3 is 1. The standard InChI is InChI=1S/C15H22N4O2/c1-8(2)10-6-11(20-4)9(3)5-12(10)21-13-7-18-15(17)19-14(13)16/h5-8,10,12H,1-4H3,(H4,16,17,18,19). The molecule has 6 heteroatoms. The average Bonchev–Trinajstić information content (AvgIpc) is 2.41. The van der Waals surface area contributed by atoms with E-state index in [1.807, 2.05) is 13.0 Å². The monoisotopic (exact) mass is 290 g/mol. The van der Waals surface area contributed by atoms with Gasteiger partial charge in [0.15, 0.2) is 11.6 Å². The van der Waals surface area contributed by atoms with Crippen LogP contribution in [0.5, 0.6) is 5.75 Å². The maximum absolute atomic E-state index is 6.00. The molecule has 4 N–H and O–H groups in total. The van der Waals surface area contributed by atoms with Crippen LogP contribution in [0.1, 0.15) is 20.8 Å². The lowest BCUT2D eigenvalue weighted by Gasteiger charge is -2.31. The van der Waals surface area contributed by atoms with Gasteiger partial charge < -0.3 is 20.9 Å². The third kappa shape index (κ3) is 3.26. The Balaban J connectivity index is 2.27. The number of hydrogen-bond donors (Lipinski definition) is 2. The minimum absolute atomic E-state index is 0.136. The second-order valence-corrected chi connectivity index (χ2v) is 5.47. The van der Waals surface area contributed by atoms with Gasteiger partial charge >= 0.3 is 0 Å². The van der Waals surface area contributed by atoms with Crippen molar-refractivity contribution >= 4 is 11.8 Å². The first kappa shape index (κ1) is 15.2. The van der Waals surface area contributed by atoms with E-state index in [4.69, 9.17) is 20.9 Å². The normalized spacial score (nSPS) is 21.8. The van der Waals surface area contributed by atoms with Gasteiger partial charge in [0.2, 0.25) is 5.95 Å². The van der Waals surface area contributed by atoms with Crippen LogP contribution in [-0.2, 0) is 4.74 Å². The molecule has 0 aliphatic heterocycles. The molecule has 0 fully saturated rings. The van der Waals surface area contributed by atoms with Crippen LogP contribution in [0.3, 0.4) is 0 Å². The maximum Gasteiger partial charge on any atom is 0.222 e. The Morgan fingerprint density at radius 1 is 1.24 bits per heavy atom. The lowest BCUT2D eigenvalue weighted by molar-refractivity contribution is 0.162. The Morgan fingerprint density at radius 3 is 2.52 bits per heavy atom. The molecule has 1 aromatic heterocycles. The van der Waals surface area contributed by atoms with Crippen LogP contribution < -0.4 is 16.2 Å². The van der Waals surface area contributed by atoms with E-state index in [9.17, 15) is 0 Å². The van der Waals surface area contributed by atoms with Crippen molar-refractivity contribution < 1.29 is 9.47 Å².